The van der Waals surface area contributed by atoms with E-state index < -0.39 is 17.6 Å². The van der Waals surface area contributed by atoms with Crippen molar-refractivity contribution in [3.63, 3.8) is 0 Å². The first-order valence-electron chi connectivity index (χ1n) is 6.12. The van der Waals surface area contributed by atoms with Crippen molar-refractivity contribution in [2.45, 2.75) is 6.54 Å². The maximum Gasteiger partial charge on any atom is 0.245 e. The summed E-state index contributed by atoms with van der Waals surface area (Å²) in [5, 5.41) is 11.6. The van der Waals surface area contributed by atoms with E-state index in [4.69, 9.17) is 9.68 Å². The molecule has 106 valence electrons. The summed E-state index contributed by atoms with van der Waals surface area (Å²) in [7, 11) is 0. The van der Waals surface area contributed by atoms with E-state index in [1.54, 1.807) is 6.07 Å². The first-order valence-corrected chi connectivity index (χ1v) is 6.92. The van der Waals surface area contributed by atoms with E-state index in [-0.39, 0.29) is 12.3 Å². The molecule has 0 spiro atoms. The van der Waals surface area contributed by atoms with Gasteiger partial charge in [0.25, 0.3) is 0 Å². The average molecular weight is 347 g/mol. The molecule has 0 bridgehead atoms. The van der Waals surface area contributed by atoms with Crippen LogP contribution in [-0.4, -0.2) is 11.7 Å². The highest BCUT2D eigenvalue weighted by atomic mass is 79.9. The predicted octanol–water partition coefficient (Wildman–Crippen LogP) is 2.68. The summed E-state index contributed by atoms with van der Waals surface area (Å²) in [6, 6.07) is 13.9. The van der Waals surface area contributed by atoms with Gasteiger partial charge in [-0.25, -0.2) is 0 Å². The van der Waals surface area contributed by atoms with Crippen LogP contribution in [0.25, 0.3) is 0 Å². The number of rotatable bonds is 5. The molecule has 21 heavy (non-hydrogen) atoms. The minimum Gasteiger partial charge on any atom is -0.446 e. The number of halogens is 1. The monoisotopic (exact) mass is 346 g/mol. The highest BCUT2D eigenvalue weighted by molar-refractivity contribution is 9.10. The van der Waals surface area contributed by atoms with Crippen molar-refractivity contribution in [1.29, 1.82) is 5.26 Å². The second kappa shape index (κ2) is 6.86. The second-order valence-electron chi connectivity index (χ2n) is 4.23. The van der Waals surface area contributed by atoms with Crippen LogP contribution in [-0.2, 0) is 11.3 Å². The lowest BCUT2D eigenvalue weighted by Crippen LogP contribution is -2.34. The summed E-state index contributed by atoms with van der Waals surface area (Å²) in [6.45, 7) is 0.257. The van der Waals surface area contributed by atoms with Crippen molar-refractivity contribution in [2.24, 2.45) is 5.92 Å². The Balaban J connectivity index is 2.02. The van der Waals surface area contributed by atoms with Gasteiger partial charge in [-0.1, -0.05) is 30.3 Å². The highest BCUT2D eigenvalue weighted by Gasteiger charge is 2.29. The maximum atomic E-state index is 12.0. The van der Waals surface area contributed by atoms with Crippen LogP contribution >= 0.6 is 15.9 Å². The fourth-order valence-electron chi connectivity index (χ4n) is 1.71. The Morgan fingerprint density at radius 1 is 1.24 bits per heavy atom. The molecule has 0 aliphatic rings. The highest BCUT2D eigenvalue weighted by Crippen LogP contribution is 2.17. The fraction of sp³-hybridized carbons (Fsp3) is 0.133. The number of carbonyl (C=O) groups is 2. The van der Waals surface area contributed by atoms with Crippen molar-refractivity contribution in [2.75, 3.05) is 0 Å². The van der Waals surface area contributed by atoms with E-state index in [1.165, 1.54) is 12.1 Å². The molecule has 1 atom stereocenters. The Hall–Kier alpha value is -2.39. The standard InChI is InChI=1S/C15H11BrN2O3/c16-13-7-6-12(21-13)14(19)11(8-17)15(20)18-9-10-4-2-1-3-5-10/h1-7,11H,9H2,(H,18,20)/t11-/m0/s1. The number of carbonyl (C=O) groups excluding carboxylic acids is 2. The molecule has 2 aromatic rings. The van der Waals surface area contributed by atoms with Crippen LogP contribution < -0.4 is 5.32 Å². The van der Waals surface area contributed by atoms with Crippen molar-refractivity contribution in [3.05, 3.63) is 58.5 Å². The molecule has 2 rings (SSSR count). The molecule has 5 nitrogen and oxygen atoms in total. The van der Waals surface area contributed by atoms with E-state index in [2.05, 4.69) is 21.2 Å². The average Bonchev–Trinajstić information content (AvgIpc) is 2.93. The van der Waals surface area contributed by atoms with Crippen molar-refractivity contribution in [3.8, 4) is 6.07 Å². The Labute approximate surface area is 129 Å². The number of amides is 1. The first kappa shape index (κ1) is 15.0. The smallest absolute Gasteiger partial charge is 0.245 e. The first-order chi connectivity index (χ1) is 10.1. The van der Waals surface area contributed by atoms with Gasteiger partial charge in [-0.2, -0.15) is 5.26 Å². The van der Waals surface area contributed by atoms with Gasteiger partial charge in [0.05, 0.1) is 6.07 Å². The molecule has 1 heterocycles. The number of hydrogen-bond acceptors (Lipinski definition) is 4. The van der Waals surface area contributed by atoms with Crippen molar-refractivity contribution in [1.82, 2.24) is 5.32 Å². The third-order valence-corrected chi connectivity index (χ3v) is 3.21. The molecule has 0 aliphatic carbocycles. The number of ketones is 1. The van der Waals surface area contributed by atoms with Crippen LogP contribution in [0.1, 0.15) is 16.1 Å². The van der Waals surface area contributed by atoms with Crippen LogP contribution in [0.2, 0.25) is 0 Å². The van der Waals surface area contributed by atoms with E-state index in [9.17, 15) is 9.59 Å². The van der Waals surface area contributed by atoms with Crippen molar-refractivity contribution < 1.29 is 14.0 Å². The van der Waals surface area contributed by atoms with Gasteiger partial charge >= 0.3 is 0 Å². The van der Waals surface area contributed by atoms with Gasteiger partial charge in [0, 0.05) is 6.54 Å². The normalized spacial score (nSPS) is 11.4. The van der Waals surface area contributed by atoms with Crippen molar-refractivity contribution >= 4 is 27.6 Å². The second-order valence-corrected chi connectivity index (χ2v) is 5.02. The lowest BCUT2D eigenvalue weighted by Gasteiger charge is -2.08. The summed E-state index contributed by atoms with van der Waals surface area (Å²) >= 11 is 3.07. The number of nitriles is 1. The van der Waals surface area contributed by atoms with Gasteiger partial charge in [-0.15, -0.1) is 0 Å². The summed E-state index contributed by atoms with van der Waals surface area (Å²) in [6.07, 6.45) is 0. The lowest BCUT2D eigenvalue weighted by molar-refractivity contribution is -0.122. The third-order valence-electron chi connectivity index (χ3n) is 2.78. The molecule has 1 N–H and O–H groups in total. The van der Waals surface area contributed by atoms with Crippen LogP contribution in [0.15, 0.2) is 51.6 Å². The molecular weight excluding hydrogens is 336 g/mol. The van der Waals surface area contributed by atoms with E-state index in [0.29, 0.717) is 4.67 Å². The minimum absolute atomic E-state index is 0.0247. The molecule has 1 aromatic carbocycles. The third kappa shape index (κ3) is 3.80. The minimum atomic E-state index is -1.42. The summed E-state index contributed by atoms with van der Waals surface area (Å²) in [5.74, 6) is -2.75. The fourth-order valence-corrected chi connectivity index (χ4v) is 2.02. The topological polar surface area (TPSA) is 83.1 Å². The largest absolute Gasteiger partial charge is 0.446 e. The van der Waals surface area contributed by atoms with Crippen LogP contribution in [0.4, 0.5) is 0 Å². The molecule has 1 amide bonds. The molecule has 0 saturated carbocycles. The van der Waals surface area contributed by atoms with Gasteiger partial charge in [0.2, 0.25) is 11.7 Å². The van der Waals surface area contributed by atoms with Crippen LogP contribution in [0.3, 0.4) is 0 Å². The number of furan rings is 1. The molecule has 0 unspecified atom stereocenters. The molecule has 0 fully saturated rings. The zero-order valence-electron chi connectivity index (χ0n) is 10.9. The van der Waals surface area contributed by atoms with Gasteiger partial charge in [0.1, 0.15) is 0 Å². The summed E-state index contributed by atoms with van der Waals surface area (Å²) in [5.41, 5.74) is 0.885. The summed E-state index contributed by atoms with van der Waals surface area (Å²) < 4.78 is 5.44. The Morgan fingerprint density at radius 3 is 2.52 bits per heavy atom. The zero-order valence-corrected chi connectivity index (χ0v) is 12.5. The Morgan fingerprint density at radius 2 is 1.95 bits per heavy atom. The van der Waals surface area contributed by atoms with Crippen LogP contribution in [0.5, 0.6) is 0 Å². The zero-order chi connectivity index (χ0) is 15.2. The molecule has 6 heteroatoms. The number of benzene rings is 1. The van der Waals surface area contributed by atoms with Gasteiger partial charge in [0.15, 0.2) is 16.3 Å². The predicted molar refractivity (Wildman–Crippen MR) is 78.1 cm³/mol. The van der Waals surface area contributed by atoms with Gasteiger partial charge in [-0.05, 0) is 33.6 Å². The number of nitrogens with zero attached hydrogens (tertiary/aromatic N) is 1. The van der Waals surface area contributed by atoms with Gasteiger partial charge < -0.3 is 9.73 Å². The summed E-state index contributed by atoms with van der Waals surface area (Å²) in [4.78, 5) is 24.0. The number of Topliss-reactive ketones (excluding diaryl/α,β-unsaturated/α-hetero) is 1. The number of hydrogen-bond donors (Lipinski definition) is 1. The SMILES string of the molecule is N#C[C@H](C(=O)NCc1ccccc1)C(=O)c1ccc(Br)o1. The molecule has 0 radical (unpaired) electrons. The molecule has 0 saturated heterocycles. The van der Waals surface area contributed by atoms with E-state index in [0.717, 1.165) is 5.56 Å². The molecular formula is C15H11BrN2O3. The van der Waals surface area contributed by atoms with E-state index >= 15 is 0 Å². The van der Waals surface area contributed by atoms with Gasteiger partial charge in [-0.3, -0.25) is 9.59 Å². The lowest BCUT2D eigenvalue weighted by atomic mass is 10.0. The molecule has 1 aromatic heterocycles. The molecule has 0 aliphatic heterocycles. The van der Waals surface area contributed by atoms with Crippen LogP contribution in [0, 0.1) is 17.2 Å². The Bertz CT molecular complexity index is 688. The number of nitrogens with one attached hydrogen (secondary N) is 1. The quantitative estimate of drug-likeness (QED) is 0.666. The van der Waals surface area contributed by atoms with E-state index in [1.807, 2.05) is 30.3 Å². The Kier molecular flexibility index (Phi) is 4.90. The maximum absolute atomic E-state index is 12.0.